The zero-order chi connectivity index (χ0) is 24.3. The van der Waals surface area contributed by atoms with Gasteiger partial charge in [0.15, 0.2) is 5.76 Å². The molecule has 178 valence electrons. The van der Waals surface area contributed by atoms with Gasteiger partial charge in [0.2, 0.25) is 5.78 Å². The van der Waals surface area contributed by atoms with E-state index in [-0.39, 0.29) is 28.8 Å². The number of piperidine rings is 1. The number of fused-ring (bicyclic) bond motifs is 5. The van der Waals surface area contributed by atoms with E-state index in [0.717, 1.165) is 25.2 Å². The van der Waals surface area contributed by atoms with Crippen molar-refractivity contribution in [2.75, 3.05) is 13.1 Å². The van der Waals surface area contributed by atoms with Gasteiger partial charge < -0.3 is 14.4 Å². The number of likely N-dealkylation sites (tertiary alicyclic amines) is 1. The minimum absolute atomic E-state index is 0.0455. The fourth-order valence-electron chi connectivity index (χ4n) is 5.83. The molecule has 1 aromatic heterocycles. The van der Waals surface area contributed by atoms with Crippen LogP contribution in [0.1, 0.15) is 45.1 Å². The van der Waals surface area contributed by atoms with Crippen molar-refractivity contribution in [2.24, 2.45) is 5.92 Å². The molecule has 2 bridgehead atoms. The Kier molecular flexibility index (Phi) is 5.11. The summed E-state index contributed by atoms with van der Waals surface area (Å²) in [5.74, 6) is 0.499. The molecule has 3 aromatic rings. The molecule has 4 heterocycles. The number of carbonyl (C=O) groups is 1. The molecule has 0 unspecified atom stereocenters. The predicted octanol–water partition coefficient (Wildman–Crippen LogP) is 4.24. The highest BCUT2D eigenvalue weighted by Crippen LogP contribution is 2.43. The number of pyridine rings is 1. The second kappa shape index (κ2) is 8.20. The van der Waals surface area contributed by atoms with Crippen LogP contribution in [0.15, 0.2) is 59.1 Å². The molecule has 1 fully saturated rings. The molecule has 0 saturated carbocycles. The Balaban J connectivity index is 1.32. The van der Waals surface area contributed by atoms with E-state index in [9.17, 15) is 19.1 Å². The largest absolute Gasteiger partial charge is 0.507 e. The number of allylic oxidation sites excluding steroid dienone is 1. The van der Waals surface area contributed by atoms with Crippen molar-refractivity contribution in [3.05, 3.63) is 98.4 Å². The number of phenols is 1. The van der Waals surface area contributed by atoms with Crippen LogP contribution in [0.25, 0.3) is 6.08 Å². The average Bonchev–Trinajstić information content (AvgIpc) is 3.13. The molecule has 0 radical (unpaired) electrons. The number of nitrogens with zero attached hydrogens (tertiary/aromatic N) is 2. The molecule has 1 N–H and O–H groups in total. The molecule has 1 saturated heterocycles. The highest BCUT2D eigenvalue weighted by atomic mass is 19.1. The Morgan fingerprint density at radius 1 is 1.11 bits per heavy atom. The summed E-state index contributed by atoms with van der Waals surface area (Å²) in [6, 6.07) is 13.0. The van der Waals surface area contributed by atoms with Crippen LogP contribution >= 0.6 is 0 Å². The molecule has 35 heavy (non-hydrogen) atoms. The molecule has 0 amide bonds. The molecule has 3 aliphatic heterocycles. The lowest BCUT2D eigenvalue weighted by Gasteiger charge is -2.43. The van der Waals surface area contributed by atoms with E-state index in [4.69, 9.17) is 4.74 Å². The lowest BCUT2D eigenvalue weighted by atomic mass is 9.83. The average molecular weight is 473 g/mol. The molecule has 0 spiro atoms. The smallest absolute Gasteiger partial charge is 0.250 e. The minimum atomic E-state index is -0.392. The van der Waals surface area contributed by atoms with E-state index in [1.165, 1.54) is 18.2 Å². The summed E-state index contributed by atoms with van der Waals surface area (Å²) in [6.45, 7) is 4.44. The number of ketones is 1. The van der Waals surface area contributed by atoms with Gasteiger partial charge in [0, 0.05) is 43.9 Å². The Morgan fingerprint density at radius 2 is 1.94 bits per heavy atom. The second-order valence-electron chi connectivity index (χ2n) is 9.78. The van der Waals surface area contributed by atoms with Crippen LogP contribution in [0.5, 0.6) is 11.5 Å². The normalized spacial score (nSPS) is 22.1. The number of aromatic nitrogens is 1. The summed E-state index contributed by atoms with van der Waals surface area (Å²) in [5, 5.41) is 10.8. The van der Waals surface area contributed by atoms with E-state index >= 15 is 0 Å². The number of ether oxygens (including phenoxy) is 1. The van der Waals surface area contributed by atoms with E-state index in [1.807, 2.05) is 16.7 Å². The van der Waals surface area contributed by atoms with E-state index in [0.29, 0.717) is 47.0 Å². The Labute approximate surface area is 201 Å². The van der Waals surface area contributed by atoms with Gasteiger partial charge in [-0.2, -0.15) is 0 Å². The summed E-state index contributed by atoms with van der Waals surface area (Å²) in [7, 11) is 0. The van der Waals surface area contributed by atoms with E-state index in [2.05, 4.69) is 4.90 Å². The van der Waals surface area contributed by atoms with Crippen LogP contribution < -0.4 is 10.3 Å². The van der Waals surface area contributed by atoms with Gasteiger partial charge in [0.1, 0.15) is 17.3 Å². The number of phenolic OH excluding ortho intramolecular Hbond substituents is 1. The lowest BCUT2D eigenvalue weighted by Crippen LogP contribution is -2.46. The van der Waals surface area contributed by atoms with Crippen molar-refractivity contribution < 1.29 is 19.0 Å². The van der Waals surface area contributed by atoms with Gasteiger partial charge in [-0.3, -0.25) is 14.5 Å². The number of carbonyl (C=O) groups excluding carboxylic acids is 1. The van der Waals surface area contributed by atoms with Gasteiger partial charge in [-0.25, -0.2) is 4.39 Å². The van der Waals surface area contributed by atoms with Crippen molar-refractivity contribution in [3.63, 3.8) is 0 Å². The van der Waals surface area contributed by atoms with Gasteiger partial charge in [-0.15, -0.1) is 0 Å². The number of aromatic hydroxyl groups is 1. The van der Waals surface area contributed by atoms with Crippen LogP contribution in [-0.2, 0) is 13.1 Å². The summed E-state index contributed by atoms with van der Waals surface area (Å²) < 4.78 is 21.6. The third-order valence-electron chi connectivity index (χ3n) is 7.30. The van der Waals surface area contributed by atoms with Gasteiger partial charge in [-0.05, 0) is 60.7 Å². The number of Topliss-reactive ketones (excluding diaryl/α,β-unsaturated/α-hetero) is 1. The monoisotopic (exact) mass is 472 g/mol. The van der Waals surface area contributed by atoms with Gasteiger partial charge in [-0.1, -0.05) is 18.2 Å². The molecule has 6 rings (SSSR count). The first-order chi connectivity index (χ1) is 16.9. The lowest BCUT2D eigenvalue weighted by molar-refractivity contribution is 0.101. The second-order valence-corrected chi connectivity index (χ2v) is 9.78. The molecule has 2 atom stereocenters. The van der Waals surface area contributed by atoms with Crippen molar-refractivity contribution in [3.8, 4) is 11.5 Å². The first-order valence-corrected chi connectivity index (χ1v) is 11.8. The summed E-state index contributed by atoms with van der Waals surface area (Å²) >= 11 is 0. The third-order valence-corrected chi connectivity index (χ3v) is 7.30. The molecular formula is C28H25FN2O4. The predicted molar refractivity (Wildman–Crippen MR) is 129 cm³/mol. The van der Waals surface area contributed by atoms with Crippen LogP contribution in [0.2, 0.25) is 0 Å². The van der Waals surface area contributed by atoms with Crippen molar-refractivity contribution >= 4 is 11.9 Å². The fraction of sp³-hybridized carbons (Fsp3) is 0.286. The zero-order valence-electron chi connectivity index (χ0n) is 19.3. The van der Waals surface area contributed by atoms with Crippen molar-refractivity contribution in [1.82, 2.24) is 9.47 Å². The summed E-state index contributed by atoms with van der Waals surface area (Å²) in [5.41, 5.74) is 3.29. The van der Waals surface area contributed by atoms with Crippen LogP contribution in [0.4, 0.5) is 4.39 Å². The molecule has 6 nitrogen and oxygen atoms in total. The zero-order valence-corrected chi connectivity index (χ0v) is 19.3. The number of benzene rings is 2. The Hall–Kier alpha value is -3.71. The number of hydrogen-bond donors (Lipinski definition) is 1. The number of rotatable bonds is 3. The van der Waals surface area contributed by atoms with Crippen molar-refractivity contribution in [2.45, 2.75) is 32.4 Å². The molecular weight excluding hydrogens is 447 g/mol. The summed E-state index contributed by atoms with van der Waals surface area (Å²) in [4.78, 5) is 27.8. The standard InChI is InChI=1S/C28H25FN2O4/c1-16-8-23(32)21(28-26(16)27(34)24(35-28)11-17-4-2-5-20(29)10-17)15-30-12-18-9-19(14-30)22-6-3-7-25(33)31(22)13-18/h2-8,10-11,18-19,32H,9,12-15H2,1H3/b24-11-/t18-,19+/m1/s1. The maximum absolute atomic E-state index is 13.6. The van der Waals surface area contributed by atoms with Gasteiger partial charge in [0.25, 0.3) is 5.56 Å². The number of halogens is 1. The molecule has 2 aromatic carbocycles. The highest BCUT2D eigenvalue weighted by molar-refractivity contribution is 6.15. The quantitative estimate of drug-likeness (QED) is 0.578. The first-order valence-electron chi connectivity index (χ1n) is 11.8. The number of hydrogen-bond acceptors (Lipinski definition) is 5. The molecule has 3 aliphatic rings. The SMILES string of the molecule is Cc1cc(O)c(CN2C[C@H]3C[C@@H](C2)c2cccc(=O)n2C3)c2c1C(=O)/C(=C/c1cccc(F)c1)O2. The van der Waals surface area contributed by atoms with E-state index in [1.54, 1.807) is 31.2 Å². The van der Waals surface area contributed by atoms with Gasteiger partial charge >= 0.3 is 0 Å². The van der Waals surface area contributed by atoms with Crippen LogP contribution in [-0.4, -0.2) is 33.4 Å². The fourth-order valence-corrected chi connectivity index (χ4v) is 5.83. The Bertz CT molecular complexity index is 1460. The van der Waals surface area contributed by atoms with Crippen LogP contribution in [0, 0.1) is 18.7 Å². The highest BCUT2D eigenvalue weighted by Gasteiger charge is 2.37. The van der Waals surface area contributed by atoms with Crippen LogP contribution in [0.3, 0.4) is 0 Å². The first kappa shape index (κ1) is 21.8. The molecule has 0 aliphatic carbocycles. The molecule has 7 heteroatoms. The van der Waals surface area contributed by atoms with E-state index < -0.39 is 5.82 Å². The third kappa shape index (κ3) is 3.76. The maximum Gasteiger partial charge on any atom is 0.250 e. The maximum atomic E-state index is 13.6. The Morgan fingerprint density at radius 3 is 2.77 bits per heavy atom. The minimum Gasteiger partial charge on any atom is -0.507 e. The van der Waals surface area contributed by atoms with Crippen molar-refractivity contribution in [1.29, 1.82) is 0 Å². The summed E-state index contributed by atoms with van der Waals surface area (Å²) in [6.07, 6.45) is 2.57. The topological polar surface area (TPSA) is 71.8 Å². The van der Waals surface area contributed by atoms with Gasteiger partial charge in [0.05, 0.1) is 11.1 Å². The number of aryl methyl sites for hydroxylation is 1.